The fraction of sp³-hybridized carbons (Fsp3) is 0.571. The Kier molecular flexibility index (Phi) is 3.38. The molecule has 2 aromatic heterocycles. The molecule has 3 rings (SSSR count). The van der Waals surface area contributed by atoms with Gasteiger partial charge in [-0.1, -0.05) is 19.3 Å². The van der Waals surface area contributed by atoms with Crippen molar-refractivity contribution in [3.05, 3.63) is 24.3 Å². The highest BCUT2D eigenvalue weighted by atomic mass is 16.4. The molecule has 1 fully saturated rings. The van der Waals surface area contributed by atoms with Gasteiger partial charge in [-0.3, -0.25) is 9.20 Å². The van der Waals surface area contributed by atoms with Crippen LogP contribution < -0.4 is 0 Å². The molecule has 1 aliphatic rings. The molecule has 20 heavy (non-hydrogen) atoms. The Morgan fingerprint density at radius 2 is 2.10 bits per heavy atom. The summed E-state index contributed by atoms with van der Waals surface area (Å²) in [5.74, 6) is 0.666. The molecule has 106 valence electrons. The molecule has 0 saturated heterocycles. The second-order valence-electron chi connectivity index (χ2n) is 5.71. The maximum absolute atomic E-state index is 11.2. The van der Waals surface area contributed by atoms with Gasteiger partial charge in [-0.25, -0.2) is 4.98 Å². The number of rotatable bonds is 4. The van der Waals surface area contributed by atoms with Crippen molar-refractivity contribution in [2.45, 2.75) is 44.9 Å². The van der Waals surface area contributed by atoms with Crippen molar-refractivity contribution in [1.29, 1.82) is 0 Å². The van der Waals surface area contributed by atoms with Crippen LogP contribution in [0.1, 0.15) is 44.3 Å². The molecule has 0 aliphatic heterocycles. The molecule has 0 spiro atoms. The van der Waals surface area contributed by atoms with Crippen LogP contribution in [-0.4, -0.2) is 30.7 Å². The monoisotopic (exact) mass is 274 g/mol. The average molecular weight is 274 g/mol. The molecule has 2 heterocycles. The third-order valence-corrected chi connectivity index (χ3v) is 4.23. The summed E-state index contributed by atoms with van der Waals surface area (Å²) in [5, 5.41) is 17.5. The summed E-state index contributed by atoms with van der Waals surface area (Å²) in [6, 6.07) is 1.84. The molecule has 0 atom stereocenters. The van der Waals surface area contributed by atoms with E-state index in [1.807, 2.05) is 16.7 Å². The van der Waals surface area contributed by atoms with Gasteiger partial charge < -0.3 is 5.11 Å². The fourth-order valence-electron chi connectivity index (χ4n) is 3.28. The second kappa shape index (κ2) is 5.19. The third kappa shape index (κ3) is 2.50. The summed E-state index contributed by atoms with van der Waals surface area (Å²) < 4.78 is 1.86. The smallest absolute Gasteiger partial charge is 0.303 e. The molecule has 0 aromatic carbocycles. The fourth-order valence-corrected chi connectivity index (χ4v) is 3.28. The Hall–Kier alpha value is -1.98. The van der Waals surface area contributed by atoms with Crippen molar-refractivity contribution in [2.24, 2.45) is 5.41 Å². The number of hydrogen-bond acceptors (Lipinski definition) is 4. The quantitative estimate of drug-likeness (QED) is 0.923. The summed E-state index contributed by atoms with van der Waals surface area (Å²) in [5.41, 5.74) is -0.178. The lowest BCUT2D eigenvalue weighted by Crippen LogP contribution is -2.30. The topological polar surface area (TPSA) is 80.4 Å². The van der Waals surface area contributed by atoms with Gasteiger partial charge in [0.05, 0.1) is 6.42 Å². The Labute approximate surface area is 116 Å². The van der Waals surface area contributed by atoms with Crippen molar-refractivity contribution in [1.82, 2.24) is 19.6 Å². The van der Waals surface area contributed by atoms with Crippen molar-refractivity contribution in [3.8, 4) is 0 Å². The van der Waals surface area contributed by atoms with Crippen molar-refractivity contribution >= 4 is 11.7 Å². The first-order chi connectivity index (χ1) is 9.69. The maximum Gasteiger partial charge on any atom is 0.303 e. The van der Waals surface area contributed by atoms with E-state index >= 15 is 0 Å². The largest absolute Gasteiger partial charge is 0.481 e. The zero-order valence-corrected chi connectivity index (χ0v) is 11.3. The first kappa shape index (κ1) is 13.0. The molecule has 6 nitrogen and oxygen atoms in total. The number of carboxylic acids is 1. The van der Waals surface area contributed by atoms with Crippen LogP contribution in [0.5, 0.6) is 0 Å². The van der Waals surface area contributed by atoms with Gasteiger partial charge in [0.1, 0.15) is 5.82 Å². The average Bonchev–Trinajstić information content (AvgIpc) is 2.82. The molecule has 6 heteroatoms. The molecule has 1 aliphatic carbocycles. The van der Waals surface area contributed by atoms with E-state index in [0.29, 0.717) is 12.2 Å². The molecule has 0 amide bonds. The standard InChI is InChI=1S/C14H18N4O2/c19-12(20)10-14(5-2-1-3-6-14)9-11-16-17-13-15-7-4-8-18(11)13/h4,7-8H,1-3,5-6,9-10H2,(H,19,20). The number of nitrogens with zero attached hydrogens (tertiary/aromatic N) is 4. The highest BCUT2D eigenvalue weighted by molar-refractivity contribution is 5.67. The minimum absolute atomic E-state index is 0.178. The summed E-state index contributed by atoms with van der Waals surface area (Å²) in [7, 11) is 0. The normalized spacial score (nSPS) is 18.2. The highest BCUT2D eigenvalue weighted by Crippen LogP contribution is 2.41. The zero-order valence-electron chi connectivity index (χ0n) is 11.3. The second-order valence-corrected chi connectivity index (χ2v) is 5.71. The van der Waals surface area contributed by atoms with E-state index < -0.39 is 5.97 Å². The lowest BCUT2D eigenvalue weighted by atomic mass is 9.69. The molecule has 0 unspecified atom stereocenters. The van der Waals surface area contributed by atoms with Crippen LogP contribution in [0.2, 0.25) is 0 Å². The SMILES string of the molecule is O=C(O)CC1(Cc2nnc3ncccn23)CCCCC1. The van der Waals surface area contributed by atoms with E-state index in [1.54, 1.807) is 6.20 Å². The van der Waals surface area contributed by atoms with Crippen LogP contribution in [0.15, 0.2) is 18.5 Å². The highest BCUT2D eigenvalue weighted by Gasteiger charge is 2.36. The van der Waals surface area contributed by atoms with E-state index in [1.165, 1.54) is 6.42 Å². The Morgan fingerprint density at radius 1 is 1.30 bits per heavy atom. The summed E-state index contributed by atoms with van der Waals surface area (Å²) in [6.07, 6.45) is 9.74. The predicted octanol–water partition coefficient (Wildman–Crippen LogP) is 2.09. The molecule has 1 saturated carbocycles. The van der Waals surface area contributed by atoms with Gasteiger partial charge in [0.25, 0.3) is 5.78 Å². The summed E-state index contributed by atoms with van der Waals surface area (Å²) in [4.78, 5) is 15.4. The van der Waals surface area contributed by atoms with Crippen molar-refractivity contribution in [3.63, 3.8) is 0 Å². The molecule has 2 aromatic rings. The minimum atomic E-state index is -0.723. The van der Waals surface area contributed by atoms with E-state index in [0.717, 1.165) is 31.5 Å². The number of carbonyl (C=O) groups is 1. The van der Waals surface area contributed by atoms with Crippen LogP contribution in [-0.2, 0) is 11.2 Å². The van der Waals surface area contributed by atoms with E-state index in [9.17, 15) is 9.90 Å². The maximum atomic E-state index is 11.2. The predicted molar refractivity (Wildman–Crippen MR) is 72.3 cm³/mol. The Balaban J connectivity index is 1.91. The van der Waals surface area contributed by atoms with Crippen molar-refractivity contribution in [2.75, 3.05) is 0 Å². The van der Waals surface area contributed by atoms with E-state index in [4.69, 9.17) is 0 Å². The lowest BCUT2D eigenvalue weighted by Gasteiger charge is -2.35. The van der Waals surface area contributed by atoms with E-state index in [2.05, 4.69) is 15.2 Å². The number of hydrogen-bond donors (Lipinski definition) is 1. The lowest BCUT2D eigenvalue weighted by molar-refractivity contribution is -0.140. The Bertz CT molecular complexity index is 616. The number of aromatic nitrogens is 4. The summed E-state index contributed by atoms with van der Waals surface area (Å²) in [6.45, 7) is 0. The Morgan fingerprint density at radius 3 is 2.85 bits per heavy atom. The molecular weight excluding hydrogens is 256 g/mol. The van der Waals surface area contributed by atoms with Gasteiger partial charge in [-0.15, -0.1) is 10.2 Å². The van der Waals surface area contributed by atoms with Crippen molar-refractivity contribution < 1.29 is 9.90 Å². The third-order valence-electron chi connectivity index (χ3n) is 4.23. The van der Waals surface area contributed by atoms with Crippen LogP contribution in [0.25, 0.3) is 5.78 Å². The minimum Gasteiger partial charge on any atom is -0.481 e. The number of carboxylic acid groups (broad SMARTS) is 1. The van der Waals surface area contributed by atoms with Gasteiger partial charge in [-0.2, -0.15) is 0 Å². The van der Waals surface area contributed by atoms with Crippen LogP contribution in [0, 0.1) is 5.41 Å². The van der Waals surface area contributed by atoms with Gasteiger partial charge in [-0.05, 0) is 24.3 Å². The van der Waals surface area contributed by atoms with Crippen LogP contribution in [0.4, 0.5) is 0 Å². The first-order valence-corrected chi connectivity index (χ1v) is 7.05. The van der Waals surface area contributed by atoms with Crippen LogP contribution in [0.3, 0.4) is 0 Å². The number of fused-ring (bicyclic) bond motifs is 1. The van der Waals surface area contributed by atoms with E-state index in [-0.39, 0.29) is 11.8 Å². The summed E-state index contributed by atoms with van der Waals surface area (Å²) >= 11 is 0. The molecular formula is C14H18N4O2. The molecule has 0 radical (unpaired) electrons. The first-order valence-electron chi connectivity index (χ1n) is 7.05. The van der Waals surface area contributed by atoms with Gasteiger partial charge >= 0.3 is 5.97 Å². The number of aliphatic carboxylic acids is 1. The van der Waals surface area contributed by atoms with Gasteiger partial charge in [0, 0.05) is 18.8 Å². The molecule has 1 N–H and O–H groups in total. The molecule has 0 bridgehead atoms. The van der Waals surface area contributed by atoms with Gasteiger partial charge in [0.2, 0.25) is 0 Å². The zero-order chi connectivity index (χ0) is 14.0. The van der Waals surface area contributed by atoms with Gasteiger partial charge in [0.15, 0.2) is 0 Å². The van der Waals surface area contributed by atoms with Crippen LogP contribution >= 0.6 is 0 Å².